The molecule has 24 nitrogen and oxygen atoms in total. The number of phosphoric acid groups is 1. The fraction of sp³-hybridized carbons (Fsp3) is 1.00. The minimum absolute atomic E-state index is 0.940. The Morgan fingerprint density at radius 3 is 0.959 bits per heavy atom. The van der Waals surface area contributed by atoms with E-state index in [4.69, 9.17) is 28.0 Å². The highest BCUT2D eigenvalue weighted by atomic mass is 31.2. The van der Waals surface area contributed by atoms with Gasteiger partial charge in [-0.15, -0.1) is 0 Å². The molecule has 0 aromatic heterocycles. The average Bonchev–Trinajstić information content (AvgIpc) is 3.07. The van der Waals surface area contributed by atoms with Crippen LogP contribution in [-0.2, 0) is 32.6 Å². The number of aliphatic hydroxyl groups excluding tert-OH is 16. The summed E-state index contributed by atoms with van der Waals surface area (Å²) in [5, 5.41) is 163. The van der Waals surface area contributed by atoms with Gasteiger partial charge < -0.3 is 106 Å². The van der Waals surface area contributed by atoms with Gasteiger partial charge in [-0.05, 0) is 0 Å². The van der Waals surface area contributed by atoms with Crippen molar-refractivity contribution in [3.8, 4) is 0 Å². The molecule has 0 aromatic carbocycles. The molecule has 22 atom stereocenters. The Balaban J connectivity index is 1.60. The van der Waals surface area contributed by atoms with Gasteiger partial charge in [0.1, 0.15) is 122 Å². The van der Waals surface area contributed by atoms with Gasteiger partial charge in [0.2, 0.25) is 0 Å². The standard InChI is InChI=1S/C24H43O24P/c25-1-3-5(27)7(29)17(39)23(43-3)45-19-13(35)9(31)11(33)15(37)21(19)47-49(41,42)48-22-16(38)12(34)10(32)14(36)20(22)46-24-18(40)8(30)6(28)4(2-26)44-24/h3-40H,1-2H2,(H,41,42)/t3-,4-,5-,6-,7+,8+,9+,10+,11+,12+,13-,14-,15-,16-,17+,18+,19-,20-,21+,22+,23+,24+/m1/s1. The summed E-state index contributed by atoms with van der Waals surface area (Å²) in [6.07, 6.45) is -47.6. The van der Waals surface area contributed by atoms with Crippen molar-refractivity contribution in [2.75, 3.05) is 13.2 Å². The van der Waals surface area contributed by atoms with Gasteiger partial charge in [0.15, 0.2) is 12.6 Å². The Hall–Kier alpha value is -0.690. The summed E-state index contributed by atoms with van der Waals surface area (Å²) in [7, 11) is -5.89. The van der Waals surface area contributed by atoms with Crippen molar-refractivity contribution in [2.45, 2.75) is 135 Å². The van der Waals surface area contributed by atoms with Crippen LogP contribution in [0.4, 0.5) is 0 Å². The number of rotatable bonds is 10. The van der Waals surface area contributed by atoms with Crippen molar-refractivity contribution in [3.63, 3.8) is 0 Å². The third kappa shape index (κ3) is 8.13. The second-order valence-corrected chi connectivity index (χ2v) is 13.5. The van der Waals surface area contributed by atoms with Crippen molar-refractivity contribution < 1.29 is 119 Å². The summed E-state index contributed by atoms with van der Waals surface area (Å²) in [4.78, 5) is 10.7. The van der Waals surface area contributed by atoms with Crippen molar-refractivity contribution >= 4 is 7.82 Å². The maximum Gasteiger partial charge on any atom is 0.473 e. The van der Waals surface area contributed by atoms with Crippen LogP contribution >= 0.6 is 7.82 Å². The van der Waals surface area contributed by atoms with E-state index in [2.05, 4.69) is 0 Å². The molecule has 17 N–H and O–H groups in total. The fourth-order valence-electron chi connectivity index (χ4n) is 5.93. The zero-order valence-electron chi connectivity index (χ0n) is 25.0. The van der Waals surface area contributed by atoms with Gasteiger partial charge in [0.25, 0.3) is 0 Å². The highest BCUT2D eigenvalue weighted by molar-refractivity contribution is 7.47. The number of phosphoric ester groups is 1. The lowest BCUT2D eigenvalue weighted by molar-refractivity contribution is -0.341. The Labute approximate surface area is 275 Å². The van der Waals surface area contributed by atoms with Gasteiger partial charge in [0.05, 0.1) is 13.2 Å². The first-order valence-electron chi connectivity index (χ1n) is 14.8. The van der Waals surface area contributed by atoms with E-state index < -0.39 is 156 Å². The van der Waals surface area contributed by atoms with E-state index >= 15 is 0 Å². The summed E-state index contributed by atoms with van der Waals surface area (Å²) in [6, 6.07) is 0. The molecule has 0 bridgehead atoms. The molecule has 49 heavy (non-hydrogen) atoms. The molecule has 0 amide bonds. The van der Waals surface area contributed by atoms with Crippen LogP contribution in [0.3, 0.4) is 0 Å². The first kappa shape index (κ1) is 41.1. The van der Waals surface area contributed by atoms with Crippen LogP contribution in [0.2, 0.25) is 0 Å². The second kappa shape index (κ2) is 16.1. The molecule has 2 aliphatic carbocycles. The molecule has 2 saturated heterocycles. The summed E-state index contributed by atoms with van der Waals surface area (Å²) in [5.41, 5.74) is 0. The van der Waals surface area contributed by atoms with Crippen LogP contribution < -0.4 is 0 Å². The SMILES string of the molecule is O=P(O)(O[C@H]1[C@H](O)[C@@H](O)[C@H](O)[C@@H](O)[C@H]1O[C@@H]1O[C@H](CO)[C@@H](O)[C@H](O)[C@@H]1O)O[C@H]1[C@H](O)[C@@H](O)[C@H](O)[C@@H](O)[C@H]1O[C@@H]1O[C@H](CO)[C@@H](O)[C@H](O)[C@@H]1O. The van der Waals surface area contributed by atoms with E-state index in [1.165, 1.54) is 0 Å². The maximum atomic E-state index is 13.4. The molecule has 0 aromatic rings. The van der Waals surface area contributed by atoms with E-state index in [0.717, 1.165) is 0 Å². The maximum absolute atomic E-state index is 13.4. The lowest BCUT2D eigenvalue weighted by Gasteiger charge is -2.48. The molecule has 2 heterocycles. The molecule has 25 heteroatoms. The zero-order valence-corrected chi connectivity index (χ0v) is 25.9. The first-order chi connectivity index (χ1) is 22.8. The molecule has 0 unspecified atom stereocenters. The van der Waals surface area contributed by atoms with Crippen molar-refractivity contribution in [2.24, 2.45) is 0 Å². The smallest absolute Gasteiger partial charge is 0.394 e. The Kier molecular flexibility index (Phi) is 13.5. The molecule has 288 valence electrons. The van der Waals surface area contributed by atoms with Crippen molar-refractivity contribution in [1.29, 1.82) is 0 Å². The van der Waals surface area contributed by atoms with Crippen LogP contribution in [0.1, 0.15) is 0 Å². The zero-order chi connectivity index (χ0) is 36.9. The number of hydrogen-bond donors (Lipinski definition) is 17. The van der Waals surface area contributed by atoms with Crippen LogP contribution in [-0.4, -0.2) is 234 Å². The van der Waals surface area contributed by atoms with Gasteiger partial charge in [-0.1, -0.05) is 0 Å². The lowest BCUT2D eigenvalue weighted by Crippen LogP contribution is -2.68. The quantitative estimate of drug-likeness (QED) is 0.0923. The van der Waals surface area contributed by atoms with Crippen LogP contribution in [0.15, 0.2) is 0 Å². The van der Waals surface area contributed by atoms with Gasteiger partial charge in [-0.3, -0.25) is 9.05 Å². The summed E-state index contributed by atoms with van der Waals surface area (Å²) in [6.45, 7) is -1.88. The van der Waals surface area contributed by atoms with E-state index in [9.17, 15) is 91.2 Å². The first-order valence-corrected chi connectivity index (χ1v) is 16.3. The highest BCUT2D eigenvalue weighted by Gasteiger charge is 2.58. The predicted octanol–water partition coefficient (Wildman–Crippen LogP) is -10.9. The molecule has 0 spiro atoms. The Morgan fingerprint density at radius 1 is 0.408 bits per heavy atom. The molecule has 4 rings (SSSR count). The molecule has 0 radical (unpaired) electrons. The summed E-state index contributed by atoms with van der Waals surface area (Å²) in [5.74, 6) is 0. The van der Waals surface area contributed by atoms with Crippen molar-refractivity contribution in [3.05, 3.63) is 0 Å². The van der Waals surface area contributed by atoms with E-state index in [1.54, 1.807) is 0 Å². The molecule has 4 fully saturated rings. The monoisotopic (exact) mass is 746 g/mol. The largest absolute Gasteiger partial charge is 0.473 e. The minimum Gasteiger partial charge on any atom is -0.394 e. The van der Waals surface area contributed by atoms with Gasteiger partial charge in [-0.25, -0.2) is 4.57 Å². The normalized spacial score (nSPS) is 53.0. The highest BCUT2D eigenvalue weighted by Crippen LogP contribution is 2.51. The molecular formula is C24H43O24P. The topological polar surface area (TPSA) is 416 Å². The van der Waals surface area contributed by atoms with Crippen LogP contribution in [0, 0.1) is 0 Å². The average molecular weight is 747 g/mol. The fourth-order valence-corrected chi connectivity index (χ4v) is 7.08. The molecule has 2 aliphatic heterocycles. The number of aliphatic hydroxyl groups is 16. The predicted molar refractivity (Wildman–Crippen MR) is 145 cm³/mol. The van der Waals surface area contributed by atoms with E-state index in [1.807, 2.05) is 0 Å². The lowest BCUT2D eigenvalue weighted by atomic mass is 9.84. The van der Waals surface area contributed by atoms with Crippen LogP contribution in [0.25, 0.3) is 0 Å². The molecular weight excluding hydrogens is 703 g/mol. The second-order valence-electron chi connectivity index (χ2n) is 12.1. The van der Waals surface area contributed by atoms with Gasteiger partial charge in [-0.2, -0.15) is 0 Å². The third-order valence-corrected chi connectivity index (χ3v) is 9.90. The van der Waals surface area contributed by atoms with Gasteiger partial charge in [0, 0.05) is 0 Å². The minimum atomic E-state index is -5.89. The summed E-state index contributed by atoms with van der Waals surface area (Å²) >= 11 is 0. The Bertz CT molecular complexity index is 1040. The van der Waals surface area contributed by atoms with E-state index in [0.29, 0.717) is 0 Å². The van der Waals surface area contributed by atoms with E-state index in [-0.39, 0.29) is 0 Å². The van der Waals surface area contributed by atoms with Gasteiger partial charge >= 0.3 is 7.82 Å². The van der Waals surface area contributed by atoms with Crippen molar-refractivity contribution in [1.82, 2.24) is 0 Å². The Morgan fingerprint density at radius 2 is 0.673 bits per heavy atom. The number of ether oxygens (including phenoxy) is 4. The molecule has 2 saturated carbocycles. The summed E-state index contributed by atoms with van der Waals surface area (Å²) < 4.78 is 44.3. The van der Waals surface area contributed by atoms with Crippen LogP contribution in [0.5, 0.6) is 0 Å². The molecule has 4 aliphatic rings. The third-order valence-electron chi connectivity index (χ3n) is 8.88. The number of hydrogen-bond acceptors (Lipinski definition) is 23.